The first kappa shape index (κ1) is 22.4. The fourth-order valence-electron chi connectivity index (χ4n) is 6.45. The molecule has 1 saturated carbocycles. The fourth-order valence-corrected chi connectivity index (χ4v) is 6.45. The van der Waals surface area contributed by atoms with Crippen LogP contribution in [0.3, 0.4) is 0 Å². The average Bonchev–Trinajstić information content (AvgIpc) is 3.67. The first-order chi connectivity index (χ1) is 17.2. The molecule has 0 N–H and O–H groups in total. The molecule has 0 nitrogen and oxygen atoms in total. The lowest BCUT2D eigenvalue weighted by Crippen LogP contribution is -2.00. The Morgan fingerprint density at radius 1 is 0.714 bits per heavy atom. The number of hydrogen-bond acceptors (Lipinski definition) is 0. The maximum absolute atomic E-state index is 2.54. The van der Waals surface area contributed by atoms with Crippen molar-refractivity contribution in [1.82, 2.24) is 0 Å². The Hall–Kier alpha value is -3.12. The lowest BCUT2D eigenvalue weighted by Gasteiger charge is -2.13. The van der Waals surface area contributed by atoms with Gasteiger partial charge in [0.05, 0.1) is 0 Å². The number of aryl methyl sites for hydroxylation is 1. The van der Waals surface area contributed by atoms with Crippen molar-refractivity contribution in [2.24, 2.45) is 11.8 Å². The zero-order chi connectivity index (χ0) is 23.6. The molecule has 176 valence electrons. The Morgan fingerprint density at radius 2 is 1.40 bits per heavy atom. The van der Waals surface area contributed by atoms with Gasteiger partial charge in [-0.2, -0.15) is 0 Å². The molecule has 7 rings (SSSR count). The molecule has 2 aromatic carbocycles. The zero-order valence-corrected chi connectivity index (χ0v) is 21.0. The second-order valence-electron chi connectivity index (χ2n) is 10.7. The number of allylic oxidation sites excluding steroid dienone is 10. The Balaban J connectivity index is 0.000000136. The minimum Gasteiger partial charge on any atom is -0.0795 e. The minimum atomic E-state index is 0.602. The van der Waals surface area contributed by atoms with Crippen LogP contribution in [0, 0.1) is 18.8 Å². The van der Waals surface area contributed by atoms with Gasteiger partial charge in [-0.15, -0.1) is 0 Å². The number of hydrogen-bond donors (Lipinski definition) is 0. The maximum atomic E-state index is 2.54. The average molecular weight is 457 g/mol. The summed E-state index contributed by atoms with van der Waals surface area (Å²) < 4.78 is 0. The summed E-state index contributed by atoms with van der Waals surface area (Å²) in [5.74, 6) is 1.24. The van der Waals surface area contributed by atoms with E-state index in [1.165, 1.54) is 65.5 Å². The van der Waals surface area contributed by atoms with E-state index >= 15 is 0 Å². The van der Waals surface area contributed by atoms with Crippen LogP contribution >= 0.6 is 0 Å². The van der Waals surface area contributed by atoms with Gasteiger partial charge in [0, 0.05) is 0 Å². The molecule has 5 aliphatic rings. The molecule has 0 aromatic heterocycles. The second kappa shape index (κ2) is 9.86. The van der Waals surface area contributed by atoms with E-state index in [0.29, 0.717) is 11.8 Å². The molecule has 35 heavy (non-hydrogen) atoms. The third-order valence-corrected chi connectivity index (χ3v) is 8.32. The third-order valence-electron chi connectivity index (χ3n) is 8.32. The Kier molecular flexibility index (Phi) is 6.30. The highest BCUT2D eigenvalue weighted by molar-refractivity contribution is 5.66. The van der Waals surface area contributed by atoms with E-state index in [1.807, 2.05) is 0 Å². The van der Waals surface area contributed by atoms with Crippen molar-refractivity contribution in [3.63, 3.8) is 0 Å². The lowest BCUT2D eigenvalue weighted by atomic mass is 9.92. The molecule has 0 atom stereocenters. The van der Waals surface area contributed by atoms with Crippen molar-refractivity contribution in [3.05, 3.63) is 129 Å². The van der Waals surface area contributed by atoms with Gasteiger partial charge >= 0.3 is 0 Å². The Labute approximate surface area is 211 Å². The predicted octanol–water partition coefficient (Wildman–Crippen LogP) is 8.70. The highest BCUT2D eigenvalue weighted by Gasteiger charge is 2.22. The number of rotatable bonds is 4. The van der Waals surface area contributed by atoms with Crippen molar-refractivity contribution in [2.45, 2.75) is 58.3 Å². The van der Waals surface area contributed by atoms with Gasteiger partial charge in [-0.25, -0.2) is 0 Å². The molecular weight excluding hydrogens is 420 g/mol. The van der Waals surface area contributed by atoms with E-state index in [0.717, 1.165) is 19.3 Å². The minimum absolute atomic E-state index is 0.602. The van der Waals surface area contributed by atoms with Crippen LogP contribution in [0.2, 0.25) is 0 Å². The summed E-state index contributed by atoms with van der Waals surface area (Å²) in [5.41, 5.74) is 13.8. The van der Waals surface area contributed by atoms with Gasteiger partial charge in [-0.1, -0.05) is 91.1 Å². The van der Waals surface area contributed by atoms with Crippen molar-refractivity contribution in [1.29, 1.82) is 0 Å². The molecule has 1 fully saturated rings. The molecule has 5 aliphatic carbocycles. The molecule has 2 aromatic rings. The van der Waals surface area contributed by atoms with Crippen molar-refractivity contribution < 1.29 is 0 Å². The first-order valence-electron chi connectivity index (χ1n) is 13.6. The van der Waals surface area contributed by atoms with Crippen LogP contribution in [0.15, 0.2) is 90.1 Å². The topological polar surface area (TPSA) is 0 Å². The predicted molar refractivity (Wildman–Crippen MR) is 150 cm³/mol. The van der Waals surface area contributed by atoms with Crippen LogP contribution in [0.5, 0.6) is 0 Å². The molecule has 0 heteroatoms. The fraction of sp³-hybridized carbons (Fsp3) is 0.314. The highest BCUT2D eigenvalue weighted by Crippen LogP contribution is 2.37. The molecule has 0 heterocycles. The van der Waals surface area contributed by atoms with E-state index in [2.05, 4.69) is 98.0 Å². The number of fused-ring (bicyclic) bond motifs is 3. The van der Waals surface area contributed by atoms with E-state index < -0.39 is 0 Å². The SMILES string of the molecule is C1=CC(Cc2cccc3c2C=CC3)C=C1.Cc1ccc(CC2C=C3CCCCC3=C2)c2c1CC=C2. The second-order valence-corrected chi connectivity index (χ2v) is 10.7. The van der Waals surface area contributed by atoms with Gasteiger partial charge in [0.1, 0.15) is 0 Å². The zero-order valence-electron chi connectivity index (χ0n) is 21.0. The largest absolute Gasteiger partial charge is 0.0795 e. The van der Waals surface area contributed by atoms with Gasteiger partial charge in [0.2, 0.25) is 0 Å². The molecule has 0 radical (unpaired) electrons. The smallest absolute Gasteiger partial charge is 0.000101 e. The molecule has 0 saturated heterocycles. The van der Waals surface area contributed by atoms with Crippen LogP contribution in [-0.2, 0) is 25.7 Å². The summed E-state index contributed by atoms with van der Waals surface area (Å²) in [4.78, 5) is 0. The van der Waals surface area contributed by atoms with Crippen LogP contribution < -0.4 is 0 Å². The van der Waals surface area contributed by atoms with E-state index in [9.17, 15) is 0 Å². The summed E-state index contributed by atoms with van der Waals surface area (Å²) in [6, 6.07) is 11.3. The van der Waals surface area contributed by atoms with Gasteiger partial charge < -0.3 is 0 Å². The molecule has 0 amide bonds. The van der Waals surface area contributed by atoms with E-state index in [4.69, 9.17) is 0 Å². The highest BCUT2D eigenvalue weighted by atomic mass is 14.3. The lowest BCUT2D eigenvalue weighted by molar-refractivity contribution is 0.682. The molecule has 0 spiro atoms. The number of benzene rings is 2. The molecule has 0 aliphatic heterocycles. The van der Waals surface area contributed by atoms with E-state index in [1.54, 1.807) is 16.7 Å². The van der Waals surface area contributed by atoms with Crippen LogP contribution in [0.4, 0.5) is 0 Å². The monoisotopic (exact) mass is 456 g/mol. The normalized spacial score (nSPS) is 19.3. The van der Waals surface area contributed by atoms with Crippen molar-refractivity contribution in [2.75, 3.05) is 0 Å². The summed E-state index contributed by atoms with van der Waals surface area (Å²) in [6.45, 7) is 2.24. The molecule has 0 bridgehead atoms. The van der Waals surface area contributed by atoms with Crippen LogP contribution in [0.1, 0.15) is 64.6 Å². The van der Waals surface area contributed by atoms with Gasteiger partial charge in [0.25, 0.3) is 0 Å². The Bertz CT molecular complexity index is 1270. The maximum Gasteiger partial charge on any atom is -0.000101 e. The van der Waals surface area contributed by atoms with Crippen LogP contribution in [0.25, 0.3) is 12.2 Å². The van der Waals surface area contributed by atoms with Crippen molar-refractivity contribution in [3.8, 4) is 0 Å². The molecular formula is C35H36. The summed E-state index contributed by atoms with van der Waals surface area (Å²) in [7, 11) is 0. The van der Waals surface area contributed by atoms with Crippen LogP contribution in [-0.4, -0.2) is 0 Å². The summed E-state index contributed by atoms with van der Waals surface area (Å²) in [5, 5.41) is 0. The van der Waals surface area contributed by atoms with Crippen molar-refractivity contribution >= 4 is 12.2 Å². The standard InChI is InChI=1S/C20H22.C15H14/c1-14-9-10-18(20-8-4-7-19(14)20)13-15-11-16-5-2-3-6-17(16)12-15;1-2-6-12(5-1)11-14-9-3-7-13-8-4-10-15(13)14/h4,8-12,15H,2-3,5-7,13H2,1H3;1-7,9-10,12H,8,11H2. The van der Waals surface area contributed by atoms with Gasteiger partial charge in [0.15, 0.2) is 0 Å². The summed E-state index contributed by atoms with van der Waals surface area (Å²) in [6.07, 6.45) is 33.1. The first-order valence-corrected chi connectivity index (χ1v) is 13.6. The Morgan fingerprint density at radius 3 is 2.20 bits per heavy atom. The van der Waals surface area contributed by atoms with Gasteiger partial charge in [-0.05, 0) is 120 Å². The third kappa shape index (κ3) is 4.72. The van der Waals surface area contributed by atoms with Gasteiger partial charge in [-0.3, -0.25) is 0 Å². The van der Waals surface area contributed by atoms with E-state index in [-0.39, 0.29) is 0 Å². The quantitative estimate of drug-likeness (QED) is 0.431. The summed E-state index contributed by atoms with van der Waals surface area (Å²) >= 11 is 0. The molecule has 0 unspecified atom stereocenters.